The van der Waals surface area contributed by atoms with Crippen molar-refractivity contribution in [1.29, 1.82) is 0 Å². The molecule has 1 aliphatic rings. The SMILES string of the molecule is CC[C@@H]1C[C@H]1CC(=O)c1cc(C(=O)NC)c(=O)n(Cc2ccccc2)c1. The number of nitrogens with zero attached hydrogens (tertiary/aromatic N) is 1. The van der Waals surface area contributed by atoms with E-state index in [1.807, 2.05) is 30.3 Å². The van der Waals surface area contributed by atoms with Gasteiger partial charge >= 0.3 is 0 Å². The lowest BCUT2D eigenvalue weighted by molar-refractivity contribution is 0.0961. The van der Waals surface area contributed by atoms with Crippen LogP contribution >= 0.6 is 0 Å². The summed E-state index contributed by atoms with van der Waals surface area (Å²) in [4.78, 5) is 37.5. The molecule has 1 fully saturated rings. The van der Waals surface area contributed by atoms with Gasteiger partial charge in [0.25, 0.3) is 11.5 Å². The molecule has 2 aromatic rings. The lowest BCUT2D eigenvalue weighted by Crippen LogP contribution is -2.32. The number of amides is 1. The number of pyridine rings is 1. The zero-order valence-corrected chi connectivity index (χ0v) is 15.2. The maximum absolute atomic E-state index is 12.7. The van der Waals surface area contributed by atoms with Gasteiger partial charge in [0.1, 0.15) is 5.56 Å². The number of hydrogen-bond acceptors (Lipinski definition) is 3. The van der Waals surface area contributed by atoms with E-state index in [1.165, 1.54) is 17.7 Å². The van der Waals surface area contributed by atoms with Gasteiger partial charge in [0.15, 0.2) is 5.78 Å². The van der Waals surface area contributed by atoms with Gasteiger partial charge in [0.2, 0.25) is 0 Å². The summed E-state index contributed by atoms with van der Waals surface area (Å²) in [6.45, 7) is 2.46. The van der Waals surface area contributed by atoms with Crippen LogP contribution in [0.4, 0.5) is 0 Å². The maximum atomic E-state index is 12.7. The number of carbonyl (C=O) groups is 2. The van der Waals surface area contributed by atoms with Crippen LogP contribution in [0, 0.1) is 11.8 Å². The molecule has 1 heterocycles. The Morgan fingerprint density at radius 3 is 2.54 bits per heavy atom. The van der Waals surface area contributed by atoms with Crippen LogP contribution in [0.1, 0.15) is 52.5 Å². The van der Waals surface area contributed by atoms with E-state index in [-0.39, 0.29) is 16.9 Å². The Hall–Kier alpha value is -2.69. The van der Waals surface area contributed by atoms with Crippen molar-refractivity contribution < 1.29 is 9.59 Å². The van der Waals surface area contributed by atoms with E-state index in [2.05, 4.69) is 12.2 Å². The lowest BCUT2D eigenvalue weighted by Gasteiger charge is -2.11. The first-order valence-corrected chi connectivity index (χ1v) is 9.07. The predicted octanol–water partition coefficient (Wildman–Crippen LogP) is 2.88. The van der Waals surface area contributed by atoms with Crippen molar-refractivity contribution in [1.82, 2.24) is 9.88 Å². The molecule has 0 spiro atoms. The first-order valence-electron chi connectivity index (χ1n) is 9.07. The second kappa shape index (κ2) is 7.68. The third kappa shape index (κ3) is 3.93. The van der Waals surface area contributed by atoms with E-state index in [0.29, 0.717) is 30.4 Å². The fourth-order valence-corrected chi connectivity index (χ4v) is 3.40. The van der Waals surface area contributed by atoms with Crippen LogP contribution in [0.15, 0.2) is 47.4 Å². The van der Waals surface area contributed by atoms with Crippen molar-refractivity contribution in [2.24, 2.45) is 11.8 Å². The third-order valence-corrected chi connectivity index (χ3v) is 5.12. The summed E-state index contributed by atoms with van der Waals surface area (Å²) in [6.07, 6.45) is 4.26. The molecule has 5 nitrogen and oxygen atoms in total. The minimum Gasteiger partial charge on any atom is -0.355 e. The van der Waals surface area contributed by atoms with Gasteiger partial charge in [-0.3, -0.25) is 14.4 Å². The predicted molar refractivity (Wildman–Crippen MR) is 100 cm³/mol. The van der Waals surface area contributed by atoms with Gasteiger partial charge in [-0.25, -0.2) is 0 Å². The molecule has 3 rings (SSSR count). The zero-order chi connectivity index (χ0) is 18.7. The number of rotatable bonds is 7. The van der Waals surface area contributed by atoms with Gasteiger partial charge in [0, 0.05) is 25.2 Å². The Morgan fingerprint density at radius 2 is 1.92 bits per heavy atom. The number of carbonyl (C=O) groups excluding carboxylic acids is 2. The van der Waals surface area contributed by atoms with Gasteiger partial charge < -0.3 is 9.88 Å². The van der Waals surface area contributed by atoms with Gasteiger partial charge in [0.05, 0.1) is 6.54 Å². The lowest BCUT2D eigenvalue weighted by atomic mass is 10.0. The van der Waals surface area contributed by atoms with Crippen molar-refractivity contribution in [2.75, 3.05) is 7.05 Å². The number of aromatic nitrogens is 1. The summed E-state index contributed by atoms with van der Waals surface area (Å²) >= 11 is 0. The average molecular weight is 352 g/mol. The van der Waals surface area contributed by atoms with E-state index >= 15 is 0 Å². The van der Waals surface area contributed by atoms with Gasteiger partial charge in [-0.15, -0.1) is 0 Å². The standard InChI is InChI=1S/C21H24N2O3/c1-3-15-9-16(15)11-19(24)17-10-18(20(25)22-2)21(26)23(13-17)12-14-7-5-4-6-8-14/h4-8,10,13,15-16H,3,9,11-12H2,1-2H3,(H,22,25)/t15-,16+/m1/s1. The summed E-state index contributed by atoms with van der Waals surface area (Å²) in [5.74, 6) is 0.597. The van der Waals surface area contributed by atoms with Crippen molar-refractivity contribution in [3.8, 4) is 0 Å². The molecule has 0 aliphatic heterocycles. The van der Waals surface area contributed by atoms with Crippen molar-refractivity contribution in [3.05, 3.63) is 69.6 Å². The maximum Gasteiger partial charge on any atom is 0.263 e. The van der Waals surface area contributed by atoms with Crippen LogP contribution in [-0.2, 0) is 6.54 Å². The van der Waals surface area contributed by atoms with Crippen LogP contribution < -0.4 is 10.9 Å². The molecule has 136 valence electrons. The van der Waals surface area contributed by atoms with Crippen LogP contribution in [0.25, 0.3) is 0 Å². The highest BCUT2D eigenvalue weighted by atomic mass is 16.2. The average Bonchev–Trinajstić information content (AvgIpc) is 3.41. The smallest absolute Gasteiger partial charge is 0.263 e. The van der Waals surface area contributed by atoms with Gasteiger partial charge in [-0.1, -0.05) is 43.7 Å². The Bertz CT molecular complexity index is 871. The molecule has 0 unspecified atom stereocenters. The second-order valence-corrected chi connectivity index (χ2v) is 6.93. The van der Waals surface area contributed by atoms with E-state index in [0.717, 1.165) is 18.4 Å². The number of benzene rings is 1. The second-order valence-electron chi connectivity index (χ2n) is 6.93. The molecule has 26 heavy (non-hydrogen) atoms. The molecular formula is C21H24N2O3. The molecule has 1 aromatic carbocycles. The number of Topliss-reactive ketones (excluding diaryl/α,β-unsaturated/α-hetero) is 1. The molecule has 1 aromatic heterocycles. The fraction of sp³-hybridized carbons (Fsp3) is 0.381. The fourth-order valence-electron chi connectivity index (χ4n) is 3.40. The van der Waals surface area contributed by atoms with Gasteiger partial charge in [-0.05, 0) is 29.9 Å². The molecule has 0 bridgehead atoms. The molecule has 1 aliphatic carbocycles. The number of hydrogen-bond donors (Lipinski definition) is 1. The minimum atomic E-state index is -0.468. The Kier molecular flexibility index (Phi) is 5.35. The zero-order valence-electron chi connectivity index (χ0n) is 15.2. The Morgan fingerprint density at radius 1 is 1.19 bits per heavy atom. The largest absolute Gasteiger partial charge is 0.355 e. The normalized spacial score (nSPS) is 18.4. The first-order chi connectivity index (χ1) is 12.5. The molecule has 1 amide bonds. The molecule has 0 saturated heterocycles. The minimum absolute atomic E-state index is 0.00193. The van der Waals surface area contributed by atoms with Crippen molar-refractivity contribution >= 4 is 11.7 Å². The molecule has 2 atom stereocenters. The van der Waals surface area contributed by atoms with E-state index < -0.39 is 5.91 Å². The van der Waals surface area contributed by atoms with Crippen LogP contribution in [0.3, 0.4) is 0 Å². The number of ketones is 1. The summed E-state index contributed by atoms with van der Waals surface area (Å²) < 4.78 is 1.46. The van der Waals surface area contributed by atoms with E-state index in [4.69, 9.17) is 0 Å². The highest BCUT2D eigenvalue weighted by Crippen LogP contribution is 2.44. The van der Waals surface area contributed by atoms with E-state index in [9.17, 15) is 14.4 Å². The molecule has 1 N–H and O–H groups in total. The molecule has 5 heteroatoms. The Balaban J connectivity index is 1.93. The highest BCUT2D eigenvalue weighted by molar-refractivity contribution is 6.00. The third-order valence-electron chi connectivity index (χ3n) is 5.12. The Labute approximate surface area is 153 Å². The van der Waals surface area contributed by atoms with Crippen LogP contribution in [0.5, 0.6) is 0 Å². The molecule has 1 saturated carbocycles. The topological polar surface area (TPSA) is 68.2 Å². The van der Waals surface area contributed by atoms with Crippen LogP contribution in [0.2, 0.25) is 0 Å². The van der Waals surface area contributed by atoms with Crippen molar-refractivity contribution in [3.63, 3.8) is 0 Å². The quantitative estimate of drug-likeness (QED) is 0.779. The first kappa shape index (κ1) is 18.1. The molecule has 0 radical (unpaired) electrons. The van der Waals surface area contributed by atoms with E-state index in [1.54, 1.807) is 6.20 Å². The van der Waals surface area contributed by atoms with Crippen LogP contribution in [-0.4, -0.2) is 23.3 Å². The number of nitrogens with one attached hydrogen (secondary N) is 1. The summed E-state index contributed by atoms with van der Waals surface area (Å²) in [6, 6.07) is 11.0. The van der Waals surface area contributed by atoms with Gasteiger partial charge in [-0.2, -0.15) is 0 Å². The molecular weight excluding hydrogens is 328 g/mol. The van der Waals surface area contributed by atoms with Crippen molar-refractivity contribution in [2.45, 2.75) is 32.7 Å². The summed E-state index contributed by atoms with van der Waals surface area (Å²) in [5.41, 5.74) is 0.996. The monoisotopic (exact) mass is 352 g/mol. The summed E-state index contributed by atoms with van der Waals surface area (Å²) in [5, 5.41) is 2.49. The summed E-state index contributed by atoms with van der Waals surface area (Å²) in [7, 11) is 1.48. The highest BCUT2D eigenvalue weighted by Gasteiger charge is 2.36.